The summed E-state index contributed by atoms with van der Waals surface area (Å²) < 4.78 is 40.1. The Hall–Kier alpha value is -0.960. The number of sulfonamides is 1. The minimum atomic E-state index is -3.56. The molecule has 0 spiro atoms. The summed E-state index contributed by atoms with van der Waals surface area (Å²) in [5, 5.41) is 0.0583. The third-order valence-corrected chi connectivity index (χ3v) is 5.16. The molecule has 1 saturated heterocycles. The number of nitrogens with zero attached hydrogens (tertiary/aromatic N) is 2. The van der Waals surface area contributed by atoms with Crippen molar-refractivity contribution in [2.24, 2.45) is 7.05 Å². The fourth-order valence-electron chi connectivity index (χ4n) is 2.78. The summed E-state index contributed by atoms with van der Waals surface area (Å²) in [4.78, 5) is 3.89. The highest BCUT2D eigenvalue weighted by atomic mass is 32.2. The Kier molecular flexibility index (Phi) is 3.80. The van der Waals surface area contributed by atoms with Gasteiger partial charge in [0, 0.05) is 19.3 Å². The fraction of sp³-hybridized carbons (Fsp3) is 0.750. The molecular formula is C12H19N3O4S. The van der Waals surface area contributed by atoms with E-state index in [0.29, 0.717) is 19.6 Å². The summed E-state index contributed by atoms with van der Waals surface area (Å²) in [6.07, 6.45) is 5.30. The van der Waals surface area contributed by atoms with E-state index in [0.717, 1.165) is 12.8 Å². The van der Waals surface area contributed by atoms with Crippen molar-refractivity contribution < 1.29 is 17.9 Å². The number of aryl methyl sites for hydroxylation is 1. The van der Waals surface area contributed by atoms with E-state index in [1.165, 1.54) is 12.5 Å². The van der Waals surface area contributed by atoms with Crippen molar-refractivity contribution in [1.82, 2.24) is 14.3 Å². The van der Waals surface area contributed by atoms with Crippen LogP contribution < -0.4 is 4.72 Å². The molecule has 1 aliphatic carbocycles. The summed E-state index contributed by atoms with van der Waals surface area (Å²) in [7, 11) is -1.81. The molecule has 0 aromatic carbocycles. The van der Waals surface area contributed by atoms with Crippen LogP contribution in [0.1, 0.15) is 19.3 Å². The Labute approximate surface area is 118 Å². The molecule has 1 aromatic heterocycles. The number of aromatic nitrogens is 2. The Morgan fingerprint density at radius 1 is 1.30 bits per heavy atom. The summed E-state index contributed by atoms with van der Waals surface area (Å²) in [6.45, 7) is 1.21. The third kappa shape index (κ3) is 2.88. The summed E-state index contributed by atoms with van der Waals surface area (Å²) in [5.74, 6) is 0. The largest absolute Gasteiger partial charge is 0.373 e. The molecule has 2 aliphatic rings. The summed E-state index contributed by atoms with van der Waals surface area (Å²) >= 11 is 0. The molecule has 0 radical (unpaired) electrons. The van der Waals surface area contributed by atoms with Crippen LogP contribution in [0.3, 0.4) is 0 Å². The number of nitrogens with one attached hydrogen (secondary N) is 1. The van der Waals surface area contributed by atoms with Crippen molar-refractivity contribution in [1.29, 1.82) is 0 Å². The lowest BCUT2D eigenvalue weighted by Gasteiger charge is -2.38. The van der Waals surface area contributed by atoms with Crippen molar-refractivity contribution in [2.75, 3.05) is 13.2 Å². The molecule has 3 rings (SSSR count). The Bertz CT molecular complexity index is 571. The molecule has 2 fully saturated rings. The number of hydrogen-bond acceptors (Lipinski definition) is 5. The average Bonchev–Trinajstić information content (AvgIpc) is 2.86. The average molecular weight is 301 g/mol. The topological polar surface area (TPSA) is 82.5 Å². The second-order valence-corrected chi connectivity index (χ2v) is 6.99. The molecule has 3 unspecified atom stereocenters. The van der Waals surface area contributed by atoms with Crippen LogP contribution >= 0.6 is 0 Å². The fourth-order valence-corrected chi connectivity index (χ4v) is 4.05. The third-order valence-electron chi connectivity index (χ3n) is 3.76. The molecule has 7 nitrogen and oxygen atoms in total. The van der Waals surface area contributed by atoms with Crippen molar-refractivity contribution in [2.45, 2.75) is 42.5 Å². The minimum Gasteiger partial charge on any atom is -0.373 e. The second kappa shape index (κ2) is 5.44. The predicted molar refractivity (Wildman–Crippen MR) is 70.6 cm³/mol. The van der Waals surface area contributed by atoms with Gasteiger partial charge in [0.2, 0.25) is 0 Å². The van der Waals surface area contributed by atoms with E-state index in [1.54, 1.807) is 11.6 Å². The number of rotatable bonds is 3. The Morgan fingerprint density at radius 2 is 2.05 bits per heavy atom. The van der Waals surface area contributed by atoms with Gasteiger partial charge in [0.1, 0.15) is 0 Å². The van der Waals surface area contributed by atoms with E-state index >= 15 is 0 Å². The van der Waals surface area contributed by atoms with Crippen LogP contribution in [-0.2, 0) is 26.5 Å². The van der Waals surface area contributed by atoms with Crippen LogP contribution in [0.5, 0.6) is 0 Å². The van der Waals surface area contributed by atoms with Crippen LogP contribution in [0, 0.1) is 0 Å². The molecular weight excluding hydrogens is 282 g/mol. The maximum Gasteiger partial charge on any atom is 0.259 e. The molecule has 1 saturated carbocycles. The first-order chi connectivity index (χ1) is 9.54. The van der Waals surface area contributed by atoms with Gasteiger partial charge in [-0.05, 0) is 19.3 Å². The van der Waals surface area contributed by atoms with E-state index in [4.69, 9.17) is 9.47 Å². The van der Waals surface area contributed by atoms with Gasteiger partial charge in [-0.3, -0.25) is 0 Å². The van der Waals surface area contributed by atoms with E-state index in [-0.39, 0.29) is 23.3 Å². The van der Waals surface area contributed by atoms with Gasteiger partial charge in [0.15, 0.2) is 5.03 Å². The van der Waals surface area contributed by atoms with Crippen LogP contribution in [-0.4, -0.2) is 49.4 Å². The van der Waals surface area contributed by atoms with Gasteiger partial charge in [-0.1, -0.05) is 0 Å². The van der Waals surface area contributed by atoms with E-state index < -0.39 is 10.0 Å². The minimum absolute atomic E-state index is 0.00562. The zero-order valence-corrected chi connectivity index (χ0v) is 12.2. The van der Waals surface area contributed by atoms with E-state index in [9.17, 15) is 8.42 Å². The molecule has 0 bridgehead atoms. The maximum atomic E-state index is 12.2. The van der Waals surface area contributed by atoms with Gasteiger partial charge in [-0.15, -0.1) is 0 Å². The molecule has 1 aromatic rings. The summed E-state index contributed by atoms with van der Waals surface area (Å²) in [6, 6.07) is -0.120. The highest BCUT2D eigenvalue weighted by molar-refractivity contribution is 7.89. The van der Waals surface area contributed by atoms with Gasteiger partial charge in [-0.25, -0.2) is 18.1 Å². The number of fused-ring (bicyclic) bond motifs is 1. The van der Waals surface area contributed by atoms with Crippen molar-refractivity contribution in [3.63, 3.8) is 0 Å². The first-order valence-electron chi connectivity index (χ1n) is 6.78. The van der Waals surface area contributed by atoms with Crippen LogP contribution in [0.15, 0.2) is 17.6 Å². The molecule has 3 atom stereocenters. The van der Waals surface area contributed by atoms with Crippen molar-refractivity contribution in [3.05, 3.63) is 12.5 Å². The monoisotopic (exact) mass is 301 g/mol. The number of imidazole rings is 1. The lowest BCUT2D eigenvalue weighted by atomic mass is 9.90. The molecule has 1 aliphatic heterocycles. The van der Waals surface area contributed by atoms with E-state index in [2.05, 4.69) is 9.71 Å². The normalized spacial score (nSPS) is 30.9. The molecule has 112 valence electrons. The number of hydrogen-bond donors (Lipinski definition) is 1. The molecule has 20 heavy (non-hydrogen) atoms. The van der Waals surface area contributed by atoms with Gasteiger partial charge in [0.25, 0.3) is 10.0 Å². The van der Waals surface area contributed by atoms with Gasteiger partial charge in [0.05, 0.1) is 31.7 Å². The molecule has 1 N–H and O–H groups in total. The second-order valence-electron chi connectivity index (χ2n) is 5.33. The molecule has 2 heterocycles. The quantitative estimate of drug-likeness (QED) is 0.852. The smallest absolute Gasteiger partial charge is 0.259 e. The van der Waals surface area contributed by atoms with Crippen molar-refractivity contribution in [3.8, 4) is 0 Å². The van der Waals surface area contributed by atoms with Crippen LogP contribution in [0.25, 0.3) is 0 Å². The number of ether oxygens (including phenoxy) is 2. The Morgan fingerprint density at radius 3 is 2.75 bits per heavy atom. The first kappa shape index (κ1) is 14.0. The predicted octanol–water partition coefficient (Wildman–Crippen LogP) is 0.0349. The van der Waals surface area contributed by atoms with E-state index in [1.807, 2.05) is 0 Å². The lowest BCUT2D eigenvalue weighted by molar-refractivity contribution is -0.156. The van der Waals surface area contributed by atoms with Gasteiger partial charge < -0.3 is 14.0 Å². The zero-order chi connectivity index (χ0) is 14.2. The highest BCUT2D eigenvalue weighted by Crippen LogP contribution is 2.27. The lowest BCUT2D eigenvalue weighted by Crippen LogP contribution is -2.49. The van der Waals surface area contributed by atoms with Gasteiger partial charge >= 0.3 is 0 Å². The first-order valence-corrected chi connectivity index (χ1v) is 8.26. The SMILES string of the molecule is Cn1cnc(S(=O)(=O)NC2CCC3OCCOC3C2)c1. The Balaban J connectivity index is 1.66. The molecule has 8 heteroatoms. The standard InChI is InChI=1S/C12H19N3O4S/c1-15-7-12(13-8-15)20(16,17)14-9-2-3-10-11(6-9)19-5-4-18-10/h7-11,14H,2-6H2,1H3. The molecule has 0 amide bonds. The van der Waals surface area contributed by atoms with Gasteiger partial charge in [-0.2, -0.15) is 0 Å². The maximum absolute atomic E-state index is 12.2. The summed E-state index contributed by atoms with van der Waals surface area (Å²) in [5.41, 5.74) is 0. The zero-order valence-electron chi connectivity index (χ0n) is 11.4. The van der Waals surface area contributed by atoms with Crippen molar-refractivity contribution >= 4 is 10.0 Å². The highest BCUT2D eigenvalue weighted by Gasteiger charge is 2.36. The van der Waals surface area contributed by atoms with Crippen LogP contribution in [0.2, 0.25) is 0 Å². The van der Waals surface area contributed by atoms with Crippen LogP contribution in [0.4, 0.5) is 0 Å².